The maximum absolute atomic E-state index is 14.4. The van der Waals surface area contributed by atoms with Crippen molar-refractivity contribution in [3.05, 3.63) is 65.1 Å². The maximum atomic E-state index is 14.4. The van der Waals surface area contributed by atoms with Crippen LogP contribution in [0.25, 0.3) is 10.9 Å². The molecule has 0 saturated carbocycles. The second kappa shape index (κ2) is 9.22. The van der Waals surface area contributed by atoms with Crippen LogP contribution < -0.4 is 0 Å². The summed E-state index contributed by atoms with van der Waals surface area (Å²) >= 11 is 0. The molecule has 0 aliphatic carbocycles. The first-order valence-electron chi connectivity index (χ1n) is 10.2. The number of benzene rings is 2. The van der Waals surface area contributed by atoms with Gasteiger partial charge in [0, 0.05) is 35.2 Å². The third-order valence-electron chi connectivity index (χ3n) is 5.29. The lowest BCUT2D eigenvalue weighted by Crippen LogP contribution is -2.31. The summed E-state index contributed by atoms with van der Waals surface area (Å²) in [5.74, 6) is -2.49. The number of rotatable bonds is 8. The molecule has 7 nitrogen and oxygen atoms in total. The molecule has 0 radical (unpaired) electrons. The number of aromatic nitrogens is 1. The van der Waals surface area contributed by atoms with E-state index < -0.39 is 39.3 Å². The molecule has 1 heterocycles. The quantitative estimate of drug-likeness (QED) is 0.404. The summed E-state index contributed by atoms with van der Waals surface area (Å²) in [6.45, 7) is 6.95. The highest BCUT2D eigenvalue weighted by Gasteiger charge is 2.28. The van der Waals surface area contributed by atoms with Crippen molar-refractivity contribution in [2.24, 2.45) is 0 Å². The second-order valence-corrected chi connectivity index (χ2v) is 9.25. The van der Waals surface area contributed by atoms with Gasteiger partial charge in [-0.25, -0.2) is 17.6 Å². The molecule has 0 aliphatic heterocycles. The Morgan fingerprint density at radius 2 is 1.78 bits per heavy atom. The molecule has 0 spiro atoms. The summed E-state index contributed by atoms with van der Waals surface area (Å²) in [6.07, 6.45) is -1.21. The zero-order valence-electron chi connectivity index (χ0n) is 18.3. The molecular formula is C23H25FN2O5S. The van der Waals surface area contributed by atoms with E-state index in [1.165, 1.54) is 11.2 Å². The Morgan fingerprint density at radius 1 is 1.12 bits per heavy atom. The van der Waals surface area contributed by atoms with Crippen molar-refractivity contribution < 1.29 is 27.1 Å². The fourth-order valence-electron chi connectivity index (χ4n) is 3.61. The van der Waals surface area contributed by atoms with Gasteiger partial charge in [0.15, 0.2) is 6.10 Å². The highest BCUT2D eigenvalue weighted by Crippen LogP contribution is 2.25. The molecule has 0 fully saturated rings. The third kappa shape index (κ3) is 4.31. The Labute approximate surface area is 186 Å². The number of sulfonamides is 1. The highest BCUT2D eigenvalue weighted by molar-refractivity contribution is 7.89. The number of aromatic amines is 1. The number of esters is 1. The molecule has 0 aliphatic rings. The first-order chi connectivity index (χ1) is 15.1. The zero-order chi connectivity index (χ0) is 23.6. The number of ether oxygens (including phenoxy) is 1. The summed E-state index contributed by atoms with van der Waals surface area (Å²) in [6, 6.07) is 10.2. The van der Waals surface area contributed by atoms with Crippen LogP contribution in [0.3, 0.4) is 0 Å². The number of nitrogens with one attached hydrogen (secondary N) is 1. The van der Waals surface area contributed by atoms with Gasteiger partial charge in [0.1, 0.15) is 5.82 Å². The SMILES string of the molecule is CCN(CC)S(=O)(=O)c1ccc(F)c(C(=O)OC(C)C(=O)c2c(C)[nH]c3ccccc23)c1. The lowest BCUT2D eigenvalue weighted by molar-refractivity contribution is 0.0314. The fourth-order valence-corrected chi connectivity index (χ4v) is 5.09. The molecular weight excluding hydrogens is 435 g/mol. The van der Waals surface area contributed by atoms with Crippen molar-refractivity contribution in [2.45, 2.75) is 38.7 Å². The minimum atomic E-state index is -3.90. The maximum Gasteiger partial charge on any atom is 0.341 e. The molecule has 1 aromatic heterocycles. The predicted molar refractivity (Wildman–Crippen MR) is 119 cm³/mol. The van der Waals surface area contributed by atoms with Crippen LogP contribution in [-0.2, 0) is 14.8 Å². The van der Waals surface area contributed by atoms with Crippen LogP contribution in [0, 0.1) is 12.7 Å². The number of hydrogen-bond acceptors (Lipinski definition) is 5. The third-order valence-corrected chi connectivity index (χ3v) is 7.34. The number of ketones is 1. The number of H-pyrrole nitrogens is 1. The Kier molecular flexibility index (Phi) is 6.80. The van der Waals surface area contributed by atoms with E-state index in [0.717, 1.165) is 23.7 Å². The van der Waals surface area contributed by atoms with E-state index >= 15 is 0 Å². The van der Waals surface area contributed by atoms with E-state index in [4.69, 9.17) is 4.74 Å². The number of carbonyl (C=O) groups excluding carboxylic acids is 2. The minimum absolute atomic E-state index is 0.221. The number of Topliss-reactive ketones (excluding diaryl/α,β-unsaturated/α-hetero) is 1. The Bertz CT molecular complexity index is 1280. The van der Waals surface area contributed by atoms with E-state index in [9.17, 15) is 22.4 Å². The van der Waals surface area contributed by atoms with Gasteiger partial charge >= 0.3 is 5.97 Å². The molecule has 9 heteroatoms. The van der Waals surface area contributed by atoms with E-state index in [1.54, 1.807) is 32.9 Å². The normalized spacial score (nSPS) is 12.8. The van der Waals surface area contributed by atoms with Gasteiger partial charge in [0.2, 0.25) is 15.8 Å². The van der Waals surface area contributed by atoms with Gasteiger partial charge in [0.05, 0.1) is 10.5 Å². The van der Waals surface area contributed by atoms with E-state index in [0.29, 0.717) is 16.6 Å². The number of fused-ring (bicyclic) bond motifs is 1. The van der Waals surface area contributed by atoms with Gasteiger partial charge in [0.25, 0.3) is 0 Å². The van der Waals surface area contributed by atoms with E-state index in [2.05, 4.69) is 4.98 Å². The molecule has 0 amide bonds. The van der Waals surface area contributed by atoms with Crippen molar-refractivity contribution in [1.82, 2.24) is 9.29 Å². The first kappa shape index (κ1) is 23.6. The summed E-state index contributed by atoms with van der Waals surface area (Å²) < 4.78 is 46.2. The largest absolute Gasteiger partial charge is 0.451 e. The van der Waals surface area contributed by atoms with Crippen LogP contribution >= 0.6 is 0 Å². The summed E-state index contributed by atoms with van der Waals surface area (Å²) in [5.41, 5.74) is 1.23. The molecule has 2 aromatic carbocycles. The molecule has 0 bridgehead atoms. The summed E-state index contributed by atoms with van der Waals surface area (Å²) in [4.78, 5) is 28.5. The standard InChI is InChI=1S/C23H25FN2O5S/c1-5-26(6-2)32(29,30)16-11-12-19(24)18(13-16)23(28)31-15(4)22(27)21-14(3)25-20-10-8-7-9-17(20)21/h7-13,15,25H,5-6H2,1-4H3. The molecule has 1 unspecified atom stereocenters. The van der Waals surface area contributed by atoms with E-state index in [-0.39, 0.29) is 18.0 Å². The van der Waals surface area contributed by atoms with Crippen LogP contribution in [-0.4, -0.2) is 48.7 Å². The topological polar surface area (TPSA) is 96.5 Å². The monoisotopic (exact) mass is 460 g/mol. The van der Waals surface area contributed by atoms with Crippen LogP contribution in [0.5, 0.6) is 0 Å². The van der Waals surface area contributed by atoms with E-state index in [1.807, 2.05) is 12.1 Å². The van der Waals surface area contributed by atoms with Crippen LogP contribution in [0.4, 0.5) is 4.39 Å². The van der Waals surface area contributed by atoms with Gasteiger partial charge in [-0.1, -0.05) is 32.0 Å². The van der Waals surface area contributed by atoms with Crippen LogP contribution in [0.1, 0.15) is 47.2 Å². The number of hydrogen-bond donors (Lipinski definition) is 1. The minimum Gasteiger partial charge on any atom is -0.451 e. The number of nitrogens with zero attached hydrogens (tertiary/aromatic N) is 1. The Morgan fingerprint density at radius 3 is 2.44 bits per heavy atom. The van der Waals surface area contributed by atoms with Crippen molar-refractivity contribution >= 4 is 32.7 Å². The molecule has 3 aromatic rings. The van der Waals surface area contributed by atoms with Crippen LogP contribution in [0.15, 0.2) is 47.4 Å². The molecule has 1 N–H and O–H groups in total. The Hall–Kier alpha value is -3.04. The fraction of sp³-hybridized carbons (Fsp3) is 0.304. The first-order valence-corrected chi connectivity index (χ1v) is 11.7. The average molecular weight is 461 g/mol. The zero-order valence-corrected chi connectivity index (χ0v) is 19.1. The number of carbonyl (C=O) groups is 2. The Balaban J connectivity index is 1.88. The van der Waals surface area contributed by atoms with Crippen molar-refractivity contribution in [2.75, 3.05) is 13.1 Å². The van der Waals surface area contributed by atoms with Crippen molar-refractivity contribution in [3.63, 3.8) is 0 Å². The molecule has 0 saturated heterocycles. The molecule has 3 rings (SSSR count). The van der Waals surface area contributed by atoms with Gasteiger partial charge in [-0.15, -0.1) is 0 Å². The number of para-hydroxylation sites is 1. The number of aryl methyl sites for hydroxylation is 1. The van der Waals surface area contributed by atoms with Gasteiger partial charge < -0.3 is 9.72 Å². The van der Waals surface area contributed by atoms with Crippen LogP contribution in [0.2, 0.25) is 0 Å². The van der Waals surface area contributed by atoms with Gasteiger partial charge in [-0.2, -0.15) is 4.31 Å². The lowest BCUT2D eigenvalue weighted by atomic mass is 10.0. The molecule has 32 heavy (non-hydrogen) atoms. The summed E-state index contributed by atoms with van der Waals surface area (Å²) in [7, 11) is -3.90. The van der Waals surface area contributed by atoms with Gasteiger partial charge in [-0.05, 0) is 38.1 Å². The average Bonchev–Trinajstić information content (AvgIpc) is 3.09. The highest BCUT2D eigenvalue weighted by atomic mass is 32.2. The molecule has 1 atom stereocenters. The number of halogens is 1. The predicted octanol–water partition coefficient (Wildman–Crippen LogP) is 4.07. The lowest BCUT2D eigenvalue weighted by Gasteiger charge is -2.19. The summed E-state index contributed by atoms with van der Waals surface area (Å²) in [5, 5.41) is 0.691. The van der Waals surface area contributed by atoms with Gasteiger partial charge in [-0.3, -0.25) is 4.79 Å². The second-order valence-electron chi connectivity index (χ2n) is 7.31. The molecule has 170 valence electrons. The van der Waals surface area contributed by atoms with Crippen molar-refractivity contribution in [3.8, 4) is 0 Å². The smallest absolute Gasteiger partial charge is 0.341 e. The van der Waals surface area contributed by atoms with Crippen molar-refractivity contribution in [1.29, 1.82) is 0 Å².